The maximum absolute atomic E-state index is 11.8. The van der Waals surface area contributed by atoms with Crippen LogP contribution >= 0.6 is 0 Å². The van der Waals surface area contributed by atoms with Gasteiger partial charge < -0.3 is 15.2 Å². The fraction of sp³-hybridized carbons (Fsp3) is 0.429. The monoisotopic (exact) mass is 301 g/mol. The maximum Gasteiger partial charge on any atom is 0.307 e. The molecule has 1 aromatic rings. The van der Waals surface area contributed by atoms with Crippen molar-refractivity contribution in [2.24, 2.45) is 0 Å². The van der Waals surface area contributed by atoms with E-state index < -0.39 is 19.0 Å². The Hall–Kier alpha value is -2.02. The van der Waals surface area contributed by atoms with E-state index in [-0.39, 0.29) is 31.9 Å². The van der Waals surface area contributed by atoms with Gasteiger partial charge in [-0.1, -0.05) is 24.3 Å². The summed E-state index contributed by atoms with van der Waals surface area (Å²) in [5.41, 5.74) is 1.33. The largest absolute Gasteiger partial charge is 0.481 e. The lowest BCUT2D eigenvalue weighted by Gasteiger charge is -2.09. The molecule has 0 spiro atoms. The van der Waals surface area contributed by atoms with Gasteiger partial charge in [0.05, 0.1) is 13.0 Å². The van der Waals surface area contributed by atoms with Crippen molar-refractivity contribution in [2.45, 2.75) is 25.8 Å². The summed E-state index contributed by atoms with van der Waals surface area (Å²) in [5, 5.41) is 11.4. The molecule has 21 heavy (non-hydrogen) atoms. The summed E-state index contributed by atoms with van der Waals surface area (Å²) in [5.74, 6) is -1.29. The molecule has 0 heterocycles. The third-order valence-corrected chi connectivity index (χ3v) is 2.65. The van der Waals surface area contributed by atoms with E-state index in [1.807, 2.05) is 0 Å². The number of carbonyl (C=O) groups is 2. The minimum Gasteiger partial charge on any atom is -0.481 e. The fourth-order valence-electron chi connectivity index (χ4n) is 1.68. The molecule has 5 nitrogen and oxygen atoms in total. The molecule has 1 rings (SSSR count). The number of benzene rings is 1. The summed E-state index contributed by atoms with van der Waals surface area (Å²) in [4.78, 5) is 22.2. The number of halogens is 2. The standard InChI is InChI=1S/C14H17F2NO4/c15-12(16)9-21-6-5-13(18)17-8-11-4-2-1-3-10(11)7-14(19)20/h1-4,12H,5-9H2,(H,17,18)(H,19,20). The van der Waals surface area contributed by atoms with Crippen LogP contribution in [-0.2, 0) is 27.3 Å². The molecule has 7 heteroatoms. The lowest BCUT2D eigenvalue weighted by Crippen LogP contribution is -2.25. The molecule has 116 valence electrons. The van der Waals surface area contributed by atoms with Gasteiger partial charge in [0.2, 0.25) is 5.91 Å². The lowest BCUT2D eigenvalue weighted by molar-refractivity contribution is -0.136. The average Bonchev–Trinajstić information content (AvgIpc) is 2.42. The number of hydrogen-bond acceptors (Lipinski definition) is 3. The molecule has 0 aliphatic heterocycles. The van der Waals surface area contributed by atoms with E-state index >= 15 is 0 Å². The number of nitrogens with one attached hydrogen (secondary N) is 1. The number of rotatable bonds is 9. The van der Waals surface area contributed by atoms with Gasteiger partial charge in [0.15, 0.2) is 0 Å². The summed E-state index contributed by atoms with van der Waals surface area (Å²) in [7, 11) is 0. The van der Waals surface area contributed by atoms with Crippen LogP contribution in [0.5, 0.6) is 0 Å². The van der Waals surface area contributed by atoms with Crippen molar-refractivity contribution in [1.82, 2.24) is 5.32 Å². The van der Waals surface area contributed by atoms with Crippen molar-refractivity contribution in [2.75, 3.05) is 13.2 Å². The van der Waals surface area contributed by atoms with Crippen LogP contribution in [-0.4, -0.2) is 36.6 Å². The Balaban J connectivity index is 2.37. The summed E-state index contributed by atoms with van der Waals surface area (Å²) < 4.78 is 28.2. The second-order valence-electron chi connectivity index (χ2n) is 4.33. The number of carbonyl (C=O) groups excluding carboxylic acids is 1. The Morgan fingerprint density at radius 3 is 2.52 bits per heavy atom. The first-order chi connectivity index (χ1) is 9.99. The Kier molecular flexibility index (Phi) is 7.31. The van der Waals surface area contributed by atoms with Gasteiger partial charge in [-0.25, -0.2) is 8.78 Å². The fourth-order valence-corrected chi connectivity index (χ4v) is 1.68. The molecule has 0 aliphatic carbocycles. The van der Waals surface area contributed by atoms with Crippen molar-refractivity contribution in [3.8, 4) is 0 Å². The summed E-state index contributed by atoms with van der Waals surface area (Å²) in [6.45, 7) is -0.571. The predicted octanol–water partition coefficient (Wildman–Crippen LogP) is 1.60. The average molecular weight is 301 g/mol. The third kappa shape index (κ3) is 7.36. The minimum absolute atomic E-state index is 0.0200. The van der Waals surface area contributed by atoms with E-state index in [9.17, 15) is 18.4 Å². The molecule has 0 saturated carbocycles. The van der Waals surface area contributed by atoms with Crippen molar-refractivity contribution >= 4 is 11.9 Å². The van der Waals surface area contributed by atoms with Crippen LogP contribution in [0.1, 0.15) is 17.5 Å². The van der Waals surface area contributed by atoms with Crippen LogP contribution in [0.25, 0.3) is 0 Å². The van der Waals surface area contributed by atoms with Crippen LogP contribution in [0.15, 0.2) is 24.3 Å². The van der Waals surface area contributed by atoms with E-state index in [2.05, 4.69) is 10.1 Å². The van der Waals surface area contributed by atoms with Gasteiger partial charge in [0, 0.05) is 13.0 Å². The number of ether oxygens (including phenoxy) is 1. The highest BCUT2D eigenvalue weighted by Gasteiger charge is 2.08. The third-order valence-electron chi connectivity index (χ3n) is 2.65. The number of alkyl halides is 2. The highest BCUT2D eigenvalue weighted by molar-refractivity contribution is 5.76. The number of hydrogen-bond donors (Lipinski definition) is 2. The Morgan fingerprint density at radius 1 is 1.24 bits per heavy atom. The van der Waals surface area contributed by atoms with Crippen molar-refractivity contribution in [3.05, 3.63) is 35.4 Å². The molecule has 0 saturated heterocycles. The van der Waals surface area contributed by atoms with Crippen LogP contribution in [0, 0.1) is 0 Å². The zero-order valence-corrected chi connectivity index (χ0v) is 11.4. The number of carboxylic acid groups (broad SMARTS) is 1. The topological polar surface area (TPSA) is 75.6 Å². The summed E-state index contributed by atoms with van der Waals surface area (Å²) >= 11 is 0. The van der Waals surface area contributed by atoms with Crippen molar-refractivity contribution in [3.63, 3.8) is 0 Å². The molecule has 0 radical (unpaired) electrons. The van der Waals surface area contributed by atoms with Gasteiger partial charge in [-0.15, -0.1) is 0 Å². The van der Waals surface area contributed by atoms with Crippen molar-refractivity contribution < 1.29 is 28.2 Å². The second-order valence-corrected chi connectivity index (χ2v) is 4.33. The first-order valence-corrected chi connectivity index (χ1v) is 6.40. The summed E-state index contributed by atoms with van der Waals surface area (Å²) in [6.07, 6.45) is -2.69. The Morgan fingerprint density at radius 2 is 1.90 bits per heavy atom. The van der Waals surface area contributed by atoms with E-state index in [1.54, 1.807) is 24.3 Å². The van der Waals surface area contributed by atoms with E-state index in [4.69, 9.17) is 5.11 Å². The molecule has 1 aromatic carbocycles. The summed E-state index contributed by atoms with van der Waals surface area (Å²) in [6, 6.07) is 6.88. The van der Waals surface area contributed by atoms with Gasteiger partial charge in [0.1, 0.15) is 6.61 Å². The zero-order chi connectivity index (χ0) is 15.7. The second kappa shape index (κ2) is 9.02. The number of carboxylic acids is 1. The lowest BCUT2D eigenvalue weighted by atomic mass is 10.0. The van der Waals surface area contributed by atoms with Gasteiger partial charge in [-0.05, 0) is 11.1 Å². The molecule has 1 amide bonds. The van der Waals surface area contributed by atoms with Gasteiger partial charge in [-0.3, -0.25) is 9.59 Å². The molecule has 0 unspecified atom stereocenters. The van der Waals surface area contributed by atoms with Gasteiger partial charge in [0.25, 0.3) is 6.43 Å². The molecular formula is C14H17F2NO4. The highest BCUT2D eigenvalue weighted by Crippen LogP contribution is 2.09. The predicted molar refractivity (Wildman–Crippen MR) is 71.1 cm³/mol. The quantitative estimate of drug-likeness (QED) is 0.679. The maximum atomic E-state index is 11.8. The normalized spacial score (nSPS) is 10.6. The molecular weight excluding hydrogens is 284 g/mol. The molecule has 0 bridgehead atoms. The van der Waals surface area contributed by atoms with Crippen LogP contribution in [0.2, 0.25) is 0 Å². The molecule has 0 aromatic heterocycles. The van der Waals surface area contributed by atoms with Crippen LogP contribution in [0.4, 0.5) is 8.78 Å². The first kappa shape index (κ1) is 17.0. The van der Waals surface area contributed by atoms with Gasteiger partial charge >= 0.3 is 5.97 Å². The highest BCUT2D eigenvalue weighted by atomic mass is 19.3. The molecule has 0 fully saturated rings. The van der Waals surface area contributed by atoms with Crippen molar-refractivity contribution in [1.29, 1.82) is 0 Å². The van der Waals surface area contributed by atoms with Crippen LogP contribution in [0.3, 0.4) is 0 Å². The van der Waals surface area contributed by atoms with E-state index in [1.165, 1.54) is 0 Å². The van der Waals surface area contributed by atoms with E-state index in [0.29, 0.717) is 11.1 Å². The zero-order valence-electron chi connectivity index (χ0n) is 11.4. The smallest absolute Gasteiger partial charge is 0.307 e. The van der Waals surface area contributed by atoms with E-state index in [0.717, 1.165) is 0 Å². The minimum atomic E-state index is -2.55. The van der Waals surface area contributed by atoms with Gasteiger partial charge in [-0.2, -0.15) is 0 Å². The molecule has 2 N–H and O–H groups in total. The Labute approximate surface area is 120 Å². The van der Waals surface area contributed by atoms with Crippen LogP contribution < -0.4 is 5.32 Å². The first-order valence-electron chi connectivity index (χ1n) is 6.40. The SMILES string of the molecule is O=C(O)Cc1ccccc1CNC(=O)CCOCC(F)F. The Bertz CT molecular complexity index is 480. The molecule has 0 atom stereocenters. The number of amides is 1. The number of aliphatic carboxylic acids is 1. The molecule has 0 aliphatic rings.